The van der Waals surface area contributed by atoms with Crippen LogP contribution in [0.4, 0.5) is 0 Å². The van der Waals surface area contributed by atoms with E-state index in [9.17, 15) is 9.59 Å². The molecule has 0 aliphatic carbocycles. The molecule has 0 fully saturated rings. The van der Waals surface area contributed by atoms with Crippen LogP contribution < -0.4 is 0 Å². The van der Waals surface area contributed by atoms with Crippen molar-refractivity contribution in [2.75, 3.05) is 12.4 Å². The van der Waals surface area contributed by atoms with Crippen LogP contribution in [0.3, 0.4) is 0 Å². The van der Waals surface area contributed by atoms with Crippen LogP contribution in [-0.4, -0.2) is 23.4 Å². The van der Waals surface area contributed by atoms with Gasteiger partial charge in [0.25, 0.3) is 0 Å². The number of benzene rings is 1. The topological polar surface area (TPSA) is 43.4 Å². The van der Waals surface area contributed by atoms with Crippen LogP contribution in [0.15, 0.2) is 30.3 Å². The number of thioether (sulfide) groups is 1. The van der Waals surface area contributed by atoms with Gasteiger partial charge < -0.3 is 4.74 Å². The van der Waals surface area contributed by atoms with Gasteiger partial charge in [-0.1, -0.05) is 42.1 Å². The molecule has 17 heavy (non-hydrogen) atoms. The number of aryl methyl sites for hydroxylation is 1. The zero-order valence-electron chi connectivity index (χ0n) is 9.85. The van der Waals surface area contributed by atoms with Gasteiger partial charge in [0.05, 0.1) is 12.4 Å². The lowest BCUT2D eigenvalue weighted by molar-refractivity contribution is -0.140. The van der Waals surface area contributed by atoms with Gasteiger partial charge >= 0.3 is 5.97 Å². The summed E-state index contributed by atoms with van der Waals surface area (Å²) < 4.78 is 4.74. The van der Waals surface area contributed by atoms with E-state index in [2.05, 4.69) is 0 Å². The van der Waals surface area contributed by atoms with Gasteiger partial charge in [0.1, 0.15) is 0 Å². The lowest BCUT2D eigenvalue weighted by Gasteiger charge is -2.02. The van der Waals surface area contributed by atoms with Crippen LogP contribution in [0.25, 0.3) is 0 Å². The molecule has 0 bridgehead atoms. The Labute approximate surface area is 106 Å². The van der Waals surface area contributed by atoms with Crippen LogP contribution >= 0.6 is 11.8 Å². The molecule has 0 aliphatic heterocycles. The van der Waals surface area contributed by atoms with Gasteiger partial charge in [-0.15, -0.1) is 0 Å². The normalized spacial score (nSPS) is 9.94. The lowest BCUT2D eigenvalue weighted by Crippen LogP contribution is -2.09. The minimum Gasteiger partial charge on any atom is -0.465 e. The monoisotopic (exact) mass is 252 g/mol. The van der Waals surface area contributed by atoms with Crippen LogP contribution in [0.2, 0.25) is 0 Å². The van der Waals surface area contributed by atoms with Crippen LogP contribution in [0.1, 0.15) is 18.9 Å². The molecule has 0 unspecified atom stereocenters. The van der Waals surface area contributed by atoms with Crippen molar-refractivity contribution in [3.8, 4) is 0 Å². The van der Waals surface area contributed by atoms with E-state index in [-0.39, 0.29) is 16.8 Å². The zero-order chi connectivity index (χ0) is 12.5. The van der Waals surface area contributed by atoms with E-state index < -0.39 is 0 Å². The Morgan fingerprint density at radius 2 is 1.94 bits per heavy atom. The van der Waals surface area contributed by atoms with Crippen molar-refractivity contribution in [1.29, 1.82) is 0 Å². The van der Waals surface area contributed by atoms with Gasteiger partial charge in [0, 0.05) is 6.42 Å². The summed E-state index contributed by atoms with van der Waals surface area (Å²) in [4.78, 5) is 22.5. The standard InChI is InChI=1S/C13H16O3S/c1-2-16-12(14)10-17-13(15)9-8-11-6-4-3-5-7-11/h3-7H,2,8-10H2,1H3. The van der Waals surface area contributed by atoms with E-state index in [1.54, 1.807) is 6.92 Å². The maximum Gasteiger partial charge on any atom is 0.316 e. The molecule has 92 valence electrons. The molecule has 0 N–H and O–H groups in total. The summed E-state index contributed by atoms with van der Waals surface area (Å²) >= 11 is 1.03. The third kappa shape index (κ3) is 6.12. The molecule has 1 rings (SSSR count). The zero-order valence-corrected chi connectivity index (χ0v) is 10.7. The fraction of sp³-hybridized carbons (Fsp3) is 0.385. The molecule has 0 atom stereocenters. The third-order valence-corrected chi connectivity index (χ3v) is 3.02. The quantitative estimate of drug-likeness (QED) is 0.729. The molecule has 0 radical (unpaired) electrons. The maximum atomic E-state index is 11.5. The van der Waals surface area contributed by atoms with Crippen molar-refractivity contribution in [2.24, 2.45) is 0 Å². The van der Waals surface area contributed by atoms with Crippen LogP contribution in [0, 0.1) is 0 Å². The number of hydrogen-bond donors (Lipinski definition) is 0. The number of carbonyl (C=O) groups excluding carboxylic acids is 2. The van der Waals surface area contributed by atoms with Crippen LogP contribution in [0.5, 0.6) is 0 Å². The van der Waals surface area contributed by atoms with Crippen molar-refractivity contribution in [1.82, 2.24) is 0 Å². The lowest BCUT2D eigenvalue weighted by atomic mass is 10.1. The van der Waals surface area contributed by atoms with Gasteiger partial charge in [-0.25, -0.2) is 0 Å². The van der Waals surface area contributed by atoms with Crippen molar-refractivity contribution < 1.29 is 14.3 Å². The highest BCUT2D eigenvalue weighted by molar-refractivity contribution is 8.14. The van der Waals surface area contributed by atoms with Crippen molar-refractivity contribution in [3.63, 3.8) is 0 Å². The predicted octanol–water partition coefficient (Wildman–Crippen LogP) is 2.44. The molecule has 1 aromatic carbocycles. The summed E-state index contributed by atoms with van der Waals surface area (Å²) in [5.74, 6) is -0.216. The van der Waals surface area contributed by atoms with Gasteiger partial charge in [-0.3, -0.25) is 9.59 Å². The molecule has 0 saturated carbocycles. The average Bonchev–Trinajstić information content (AvgIpc) is 2.35. The molecule has 0 aliphatic rings. The summed E-state index contributed by atoms with van der Waals surface area (Å²) in [5, 5.41) is 0.0295. The fourth-order valence-corrected chi connectivity index (χ4v) is 1.91. The van der Waals surface area contributed by atoms with E-state index in [0.717, 1.165) is 23.7 Å². The number of ether oxygens (including phenoxy) is 1. The second-order valence-electron chi connectivity index (χ2n) is 3.45. The van der Waals surface area contributed by atoms with Crippen LogP contribution in [-0.2, 0) is 20.7 Å². The van der Waals surface area contributed by atoms with Crippen molar-refractivity contribution in [2.45, 2.75) is 19.8 Å². The summed E-state index contributed by atoms with van der Waals surface area (Å²) in [6, 6.07) is 9.82. The first-order chi connectivity index (χ1) is 8.22. The maximum absolute atomic E-state index is 11.5. The molecule has 0 heterocycles. The first kappa shape index (κ1) is 13.8. The highest BCUT2D eigenvalue weighted by Gasteiger charge is 2.08. The van der Waals surface area contributed by atoms with E-state index in [1.165, 1.54) is 0 Å². The Morgan fingerprint density at radius 3 is 2.59 bits per heavy atom. The Balaban J connectivity index is 2.20. The van der Waals surface area contributed by atoms with Gasteiger partial charge in [-0.05, 0) is 18.9 Å². The van der Waals surface area contributed by atoms with E-state index in [1.807, 2.05) is 30.3 Å². The Hall–Kier alpha value is -1.29. The highest BCUT2D eigenvalue weighted by atomic mass is 32.2. The van der Waals surface area contributed by atoms with Gasteiger partial charge in [0.15, 0.2) is 5.12 Å². The summed E-state index contributed by atoms with van der Waals surface area (Å²) in [5.41, 5.74) is 1.14. The molecule has 0 amide bonds. The molecular weight excluding hydrogens is 236 g/mol. The number of hydrogen-bond acceptors (Lipinski definition) is 4. The first-order valence-electron chi connectivity index (χ1n) is 5.57. The Morgan fingerprint density at radius 1 is 1.24 bits per heavy atom. The number of carbonyl (C=O) groups is 2. The largest absolute Gasteiger partial charge is 0.465 e. The van der Waals surface area contributed by atoms with Crippen molar-refractivity contribution in [3.05, 3.63) is 35.9 Å². The molecule has 0 aromatic heterocycles. The second-order valence-corrected chi connectivity index (χ2v) is 4.48. The van der Waals surface area contributed by atoms with E-state index in [4.69, 9.17) is 4.74 Å². The number of esters is 1. The molecule has 1 aromatic rings. The third-order valence-electron chi connectivity index (χ3n) is 2.12. The molecule has 4 heteroatoms. The SMILES string of the molecule is CCOC(=O)CSC(=O)CCc1ccccc1. The molecule has 0 saturated heterocycles. The average molecular weight is 252 g/mol. The minimum atomic E-state index is -0.328. The van der Waals surface area contributed by atoms with Gasteiger partial charge in [0.2, 0.25) is 0 Å². The van der Waals surface area contributed by atoms with Gasteiger partial charge in [-0.2, -0.15) is 0 Å². The summed E-state index contributed by atoms with van der Waals surface area (Å²) in [7, 11) is 0. The first-order valence-corrected chi connectivity index (χ1v) is 6.56. The van der Waals surface area contributed by atoms with E-state index in [0.29, 0.717) is 13.0 Å². The molecular formula is C13H16O3S. The smallest absolute Gasteiger partial charge is 0.316 e. The molecule has 0 spiro atoms. The summed E-state index contributed by atoms with van der Waals surface area (Å²) in [6.45, 7) is 2.11. The number of rotatable bonds is 6. The minimum absolute atomic E-state index is 0.0295. The molecule has 3 nitrogen and oxygen atoms in total. The van der Waals surface area contributed by atoms with E-state index >= 15 is 0 Å². The Kier molecular flexibility index (Phi) is 6.40. The summed E-state index contributed by atoms with van der Waals surface area (Å²) in [6.07, 6.45) is 1.17. The fourth-order valence-electron chi connectivity index (χ4n) is 1.31. The Bertz CT molecular complexity index is 362. The second kappa shape index (κ2) is 7.90. The highest BCUT2D eigenvalue weighted by Crippen LogP contribution is 2.10. The predicted molar refractivity (Wildman–Crippen MR) is 68.9 cm³/mol. The van der Waals surface area contributed by atoms with Crippen molar-refractivity contribution >= 4 is 22.8 Å².